The number of benzene rings is 2. The third-order valence-electron chi connectivity index (χ3n) is 5.48. The van der Waals surface area contributed by atoms with Crippen molar-refractivity contribution in [3.8, 4) is 23.0 Å². The third-order valence-corrected chi connectivity index (χ3v) is 5.48. The fraction of sp³-hybridized carbons (Fsp3) is 0.364. The first kappa shape index (κ1) is 19.9. The van der Waals surface area contributed by atoms with Gasteiger partial charge in [-0.2, -0.15) is 0 Å². The fourth-order valence-electron chi connectivity index (χ4n) is 3.99. The smallest absolute Gasteiger partial charge is 0.307 e. The predicted octanol–water partition coefficient (Wildman–Crippen LogP) is 2.74. The highest BCUT2D eigenvalue weighted by Gasteiger charge is 2.36. The van der Waals surface area contributed by atoms with Crippen LogP contribution in [0.4, 0.5) is 0 Å². The fourth-order valence-corrected chi connectivity index (χ4v) is 3.99. The van der Waals surface area contributed by atoms with E-state index in [0.29, 0.717) is 41.5 Å². The number of esters is 1. The maximum absolute atomic E-state index is 13.5. The van der Waals surface area contributed by atoms with E-state index in [1.54, 1.807) is 37.3 Å². The number of carbonyl (C=O) groups excluding carboxylic acids is 2. The maximum Gasteiger partial charge on any atom is 0.307 e. The highest BCUT2D eigenvalue weighted by atomic mass is 16.7. The zero-order chi connectivity index (χ0) is 21.3. The molecule has 2 aliphatic heterocycles. The number of nitrogens with zero attached hydrogens (tertiary/aromatic N) is 1. The van der Waals surface area contributed by atoms with Crippen LogP contribution in [0.25, 0.3) is 0 Å². The van der Waals surface area contributed by atoms with Crippen LogP contribution in [-0.2, 0) is 16.0 Å². The van der Waals surface area contributed by atoms with Gasteiger partial charge in [-0.1, -0.05) is 6.07 Å². The standard InChI is InChI=1S/C22H23NO7/c1-26-18-9-13-7-8-23(16(11-20(24)28-3)15(13)10-19(18)27-2)22(25)14-5-4-6-17-21(14)30-12-29-17/h4-6,9-10,16H,7-8,11-12H2,1-3H3. The van der Waals surface area contributed by atoms with E-state index in [1.807, 2.05) is 12.1 Å². The molecule has 1 atom stereocenters. The minimum atomic E-state index is -0.508. The van der Waals surface area contributed by atoms with Crippen LogP contribution >= 0.6 is 0 Å². The number of carbonyl (C=O) groups is 2. The van der Waals surface area contributed by atoms with Crippen LogP contribution in [0.5, 0.6) is 23.0 Å². The minimum Gasteiger partial charge on any atom is -0.493 e. The monoisotopic (exact) mass is 413 g/mol. The van der Waals surface area contributed by atoms with Crippen LogP contribution in [-0.4, -0.2) is 51.4 Å². The molecule has 2 heterocycles. The van der Waals surface area contributed by atoms with Crippen LogP contribution in [0.1, 0.15) is 33.9 Å². The Morgan fingerprint density at radius 1 is 1.10 bits per heavy atom. The molecule has 0 spiro atoms. The number of ether oxygens (including phenoxy) is 5. The van der Waals surface area contributed by atoms with Crippen molar-refractivity contribution >= 4 is 11.9 Å². The number of amides is 1. The molecular formula is C22H23NO7. The van der Waals surface area contributed by atoms with E-state index in [2.05, 4.69) is 0 Å². The summed E-state index contributed by atoms with van der Waals surface area (Å²) < 4.78 is 26.7. The summed E-state index contributed by atoms with van der Waals surface area (Å²) in [5.41, 5.74) is 2.25. The van der Waals surface area contributed by atoms with Crippen LogP contribution in [0, 0.1) is 0 Å². The van der Waals surface area contributed by atoms with Gasteiger partial charge in [0.15, 0.2) is 23.0 Å². The highest BCUT2D eigenvalue weighted by molar-refractivity contribution is 5.98. The normalized spacial score (nSPS) is 16.6. The average molecular weight is 413 g/mol. The molecule has 8 heteroatoms. The zero-order valence-electron chi connectivity index (χ0n) is 17.1. The Morgan fingerprint density at radius 2 is 1.87 bits per heavy atom. The van der Waals surface area contributed by atoms with Crippen molar-refractivity contribution in [3.63, 3.8) is 0 Å². The number of para-hydroxylation sites is 1. The van der Waals surface area contributed by atoms with Crippen LogP contribution < -0.4 is 18.9 Å². The van der Waals surface area contributed by atoms with Gasteiger partial charge in [0.1, 0.15) is 0 Å². The largest absolute Gasteiger partial charge is 0.493 e. The zero-order valence-corrected chi connectivity index (χ0v) is 17.1. The predicted molar refractivity (Wildman–Crippen MR) is 106 cm³/mol. The summed E-state index contributed by atoms with van der Waals surface area (Å²) in [7, 11) is 4.46. The first-order chi connectivity index (χ1) is 14.6. The molecule has 2 aromatic carbocycles. The molecule has 0 aromatic heterocycles. The van der Waals surface area contributed by atoms with Crippen molar-refractivity contribution < 1.29 is 33.3 Å². The van der Waals surface area contributed by atoms with Gasteiger partial charge < -0.3 is 28.6 Å². The summed E-state index contributed by atoms with van der Waals surface area (Å²) in [6.07, 6.45) is 0.641. The van der Waals surface area contributed by atoms with Crippen molar-refractivity contribution in [2.75, 3.05) is 34.7 Å². The quantitative estimate of drug-likeness (QED) is 0.697. The molecule has 0 saturated carbocycles. The molecule has 1 unspecified atom stereocenters. The van der Waals surface area contributed by atoms with E-state index in [0.717, 1.165) is 11.1 Å². The van der Waals surface area contributed by atoms with Crippen molar-refractivity contribution in [1.29, 1.82) is 0 Å². The van der Waals surface area contributed by atoms with E-state index in [1.165, 1.54) is 7.11 Å². The molecule has 30 heavy (non-hydrogen) atoms. The summed E-state index contributed by atoms with van der Waals surface area (Å²) in [5, 5.41) is 0. The SMILES string of the molecule is COC(=O)CC1c2cc(OC)c(OC)cc2CCN1C(=O)c1cccc2c1OCO2. The molecule has 2 aliphatic rings. The number of hydrogen-bond donors (Lipinski definition) is 0. The van der Waals surface area contributed by atoms with Gasteiger partial charge >= 0.3 is 5.97 Å². The summed E-state index contributed by atoms with van der Waals surface area (Å²) in [4.78, 5) is 27.4. The number of methoxy groups -OCH3 is 3. The maximum atomic E-state index is 13.5. The highest BCUT2D eigenvalue weighted by Crippen LogP contribution is 2.42. The Hall–Kier alpha value is -3.42. The lowest BCUT2D eigenvalue weighted by Gasteiger charge is -2.37. The molecular weight excluding hydrogens is 390 g/mol. The van der Waals surface area contributed by atoms with Gasteiger partial charge in [-0.15, -0.1) is 0 Å². The van der Waals surface area contributed by atoms with Gasteiger partial charge in [-0.25, -0.2) is 0 Å². The molecule has 0 N–H and O–H groups in total. The van der Waals surface area contributed by atoms with E-state index in [-0.39, 0.29) is 19.1 Å². The lowest BCUT2D eigenvalue weighted by molar-refractivity contribution is -0.141. The van der Waals surface area contributed by atoms with E-state index >= 15 is 0 Å². The van der Waals surface area contributed by atoms with Gasteiger partial charge in [-0.3, -0.25) is 9.59 Å². The Morgan fingerprint density at radius 3 is 2.60 bits per heavy atom. The Labute approximate surface area is 174 Å². The van der Waals surface area contributed by atoms with Gasteiger partial charge in [0.05, 0.1) is 39.4 Å². The second kappa shape index (κ2) is 8.14. The average Bonchev–Trinajstić information content (AvgIpc) is 3.26. The lowest BCUT2D eigenvalue weighted by Crippen LogP contribution is -2.41. The molecule has 0 aliphatic carbocycles. The molecule has 4 rings (SSSR count). The van der Waals surface area contributed by atoms with Gasteiger partial charge in [0, 0.05) is 6.54 Å². The van der Waals surface area contributed by atoms with E-state index in [9.17, 15) is 9.59 Å². The molecule has 1 amide bonds. The van der Waals surface area contributed by atoms with Crippen molar-refractivity contribution in [2.45, 2.75) is 18.9 Å². The van der Waals surface area contributed by atoms with E-state index in [4.69, 9.17) is 23.7 Å². The van der Waals surface area contributed by atoms with E-state index < -0.39 is 12.0 Å². The lowest BCUT2D eigenvalue weighted by atomic mass is 9.89. The Balaban J connectivity index is 1.76. The van der Waals surface area contributed by atoms with Crippen LogP contribution in [0.15, 0.2) is 30.3 Å². The summed E-state index contributed by atoms with van der Waals surface area (Å²) >= 11 is 0. The molecule has 0 bridgehead atoms. The minimum absolute atomic E-state index is 0.0249. The van der Waals surface area contributed by atoms with Crippen molar-refractivity contribution in [2.24, 2.45) is 0 Å². The van der Waals surface area contributed by atoms with Crippen molar-refractivity contribution in [1.82, 2.24) is 4.90 Å². The molecule has 0 fully saturated rings. The Bertz CT molecular complexity index is 988. The van der Waals surface area contributed by atoms with Crippen LogP contribution in [0.2, 0.25) is 0 Å². The number of rotatable bonds is 5. The Kier molecular flexibility index (Phi) is 5.39. The second-order valence-corrected chi connectivity index (χ2v) is 6.99. The summed E-state index contributed by atoms with van der Waals surface area (Å²) in [6, 6.07) is 8.44. The first-order valence-electron chi connectivity index (χ1n) is 9.58. The molecule has 0 saturated heterocycles. The van der Waals surface area contributed by atoms with Gasteiger partial charge in [0.25, 0.3) is 5.91 Å². The molecule has 8 nitrogen and oxygen atoms in total. The van der Waals surface area contributed by atoms with Gasteiger partial charge in [-0.05, 0) is 41.8 Å². The van der Waals surface area contributed by atoms with Crippen molar-refractivity contribution in [3.05, 3.63) is 47.0 Å². The third kappa shape index (κ3) is 3.38. The summed E-state index contributed by atoms with van der Waals surface area (Å²) in [5.74, 6) is 1.48. The number of hydrogen-bond acceptors (Lipinski definition) is 7. The first-order valence-corrected chi connectivity index (χ1v) is 9.58. The van der Waals surface area contributed by atoms with Gasteiger partial charge in [0.2, 0.25) is 6.79 Å². The number of fused-ring (bicyclic) bond motifs is 2. The second-order valence-electron chi connectivity index (χ2n) is 6.99. The van der Waals surface area contributed by atoms with Crippen LogP contribution in [0.3, 0.4) is 0 Å². The topological polar surface area (TPSA) is 83.5 Å². The molecule has 2 aromatic rings. The molecule has 0 radical (unpaired) electrons. The summed E-state index contributed by atoms with van der Waals surface area (Å²) in [6.45, 7) is 0.512. The molecule has 158 valence electrons.